The van der Waals surface area contributed by atoms with Crippen LogP contribution in [-0.2, 0) is 35.2 Å². The predicted octanol–water partition coefficient (Wildman–Crippen LogP) is 6.06. The quantitative estimate of drug-likeness (QED) is 0.0359. The third-order valence-corrected chi connectivity index (χ3v) is 14.5. The maximum absolute atomic E-state index is 14.8. The Labute approximate surface area is 464 Å². The smallest absolute Gasteiger partial charge is 0.256 e. The van der Waals surface area contributed by atoms with E-state index in [1.807, 2.05) is 52.0 Å². The molecule has 1 fully saturated rings. The topological polar surface area (TPSA) is 276 Å². The fourth-order valence-corrected chi connectivity index (χ4v) is 10.00. The van der Waals surface area contributed by atoms with Crippen LogP contribution in [-0.4, -0.2) is 154 Å². The van der Waals surface area contributed by atoms with Crippen molar-refractivity contribution in [2.45, 2.75) is 71.7 Å². The normalized spacial score (nSPS) is 14.7. The SMILES string of the molecule is CNC(=O)c1c(F)cccc1Nc1nc(Nc2cc3c(ccn3C(=O)CN(C)C(=O)CCOCCOCCC(=O)N[C@H](C(=O)N3C[C@H](O)C[C@H]3C(=O)NCc3ccc(-c4scnc4C)cc3)C(C)(C)C)cc2OC)nc2[nH]ccc12. The number of thiazole rings is 1. The number of aryl methyl sites for hydroxylation is 1. The van der Waals surface area contributed by atoms with Gasteiger partial charge in [0.05, 0.1) is 90.0 Å². The maximum Gasteiger partial charge on any atom is 0.256 e. The van der Waals surface area contributed by atoms with Crippen molar-refractivity contribution in [1.82, 2.24) is 50.3 Å². The summed E-state index contributed by atoms with van der Waals surface area (Å²) in [7, 11) is 4.42. The molecule has 0 saturated carbocycles. The standard InChI is InChI=1S/C56H65FN12O10S/c1-32-48(80-31-61-32)34-13-11-33(12-14-34)28-60-52(74)42-26-36(70)29-69(42)54(76)49(56(2,3)4)64-44(71)17-21-78-23-24-79-22-18-45(72)67(6)30-46(73)68-20-16-35-25-43(77-7)40(27-41(35)68)63-55-65-50-37(15-19-59-50)51(66-55)62-39-10-8-9-38(57)47(39)53(75)58-5/h8-16,19-20,25,27,31,36,42,49,70H,17-18,21-24,26,28-30H2,1-7H3,(H,58,75)(H,60,74)(H,64,71)(H3,59,62,63,65,66)/t36-,42+,49-/m1/s1. The van der Waals surface area contributed by atoms with Gasteiger partial charge in [-0.2, -0.15) is 9.97 Å². The molecule has 0 spiro atoms. The van der Waals surface area contributed by atoms with Gasteiger partial charge in [-0.05, 0) is 59.9 Å². The van der Waals surface area contributed by atoms with Gasteiger partial charge < -0.3 is 60.7 Å². The van der Waals surface area contributed by atoms with E-state index >= 15 is 0 Å². The van der Waals surface area contributed by atoms with Crippen LogP contribution in [0.15, 0.2) is 84.6 Å². The van der Waals surface area contributed by atoms with Crippen LogP contribution in [0.2, 0.25) is 0 Å². The van der Waals surface area contributed by atoms with Crippen LogP contribution in [0.3, 0.4) is 0 Å². The molecule has 422 valence electrons. The average molecular weight is 1120 g/mol. The van der Waals surface area contributed by atoms with Crippen molar-refractivity contribution in [1.29, 1.82) is 0 Å². The van der Waals surface area contributed by atoms with E-state index in [1.54, 1.807) is 59.6 Å². The molecule has 22 nitrogen and oxygen atoms in total. The first-order chi connectivity index (χ1) is 38.3. The van der Waals surface area contributed by atoms with Crippen molar-refractivity contribution >= 4 is 91.9 Å². The molecule has 0 unspecified atom stereocenters. The molecule has 80 heavy (non-hydrogen) atoms. The second-order valence-electron chi connectivity index (χ2n) is 20.2. The lowest BCUT2D eigenvalue weighted by atomic mass is 9.85. The van der Waals surface area contributed by atoms with Crippen LogP contribution >= 0.6 is 11.3 Å². The molecule has 3 atom stereocenters. The second kappa shape index (κ2) is 25.6. The molecule has 5 heterocycles. The highest BCUT2D eigenvalue weighted by Crippen LogP contribution is 2.35. The average Bonchev–Trinajstić information content (AvgIpc) is 4.28. The summed E-state index contributed by atoms with van der Waals surface area (Å²) in [5.41, 5.74) is 5.26. The number of anilines is 4. The van der Waals surface area contributed by atoms with Crippen LogP contribution in [0, 0.1) is 18.2 Å². The monoisotopic (exact) mass is 1120 g/mol. The summed E-state index contributed by atoms with van der Waals surface area (Å²) in [4.78, 5) is 100. The number of carbonyl (C=O) groups is 6. The number of nitrogens with one attached hydrogen (secondary N) is 6. The summed E-state index contributed by atoms with van der Waals surface area (Å²) in [6.07, 6.45) is 2.35. The lowest BCUT2D eigenvalue weighted by Crippen LogP contribution is -2.57. The number of hydrogen-bond donors (Lipinski definition) is 7. The number of aliphatic hydroxyl groups excluding tert-OH is 1. The molecule has 1 saturated heterocycles. The number of hydrogen-bond acceptors (Lipinski definition) is 16. The van der Waals surface area contributed by atoms with Gasteiger partial charge in [0, 0.05) is 57.8 Å². The van der Waals surface area contributed by atoms with Crippen molar-refractivity contribution in [2.75, 3.05) is 71.4 Å². The molecule has 1 aliphatic heterocycles. The molecule has 0 radical (unpaired) electrons. The number of methoxy groups -OCH3 is 1. The number of nitrogens with zero attached hydrogens (tertiary/aromatic N) is 6. The van der Waals surface area contributed by atoms with Crippen molar-refractivity contribution in [2.24, 2.45) is 5.41 Å². The Morgan fingerprint density at radius 1 is 0.950 bits per heavy atom. The number of fused-ring (bicyclic) bond motifs is 2. The van der Waals surface area contributed by atoms with E-state index in [0.717, 1.165) is 21.7 Å². The summed E-state index contributed by atoms with van der Waals surface area (Å²) >= 11 is 1.56. The third-order valence-electron chi connectivity index (χ3n) is 13.5. The second-order valence-corrected chi connectivity index (χ2v) is 21.1. The predicted molar refractivity (Wildman–Crippen MR) is 300 cm³/mol. The number of carbonyl (C=O) groups excluding carboxylic acids is 6. The van der Waals surface area contributed by atoms with Gasteiger partial charge in [0.2, 0.25) is 29.6 Å². The minimum Gasteiger partial charge on any atom is -0.495 e. The summed E-state index contributed by atoms with van der Waals surface area (Å²) in [6.45, 7) is 7.64. The minimum absolute atomic E-state index is 0.0148. The van der Waals surface area contributed by atoms with E-state index < -0.39 is 53.0 Å². The Kier molecular flexibility index (Phi) is 18.5. The number of halogens is 1. The zero-order valence-electron chi connectivity index (χ0n) is 45.5. The molecule has 7 N–H and O–H groups in total. The Morgan fingerprint density at radius 2 is 1.70 bits per heavy atom. The Morgan fingerprint density at radius 3 is 2.40 bits per heavy atom. The molecule has 0 bridgehead atoms. The molecule has 3 aromatic carbocycles. The Hall–Kier alpha value is -8.32. The van der Waals surface area contributed by atoms with Crippen molar-refractivity contribution < 1.29 is 52.5 Å². The van der Waals surface area contributed by atoms with E-state index in [2.05, 4.69) is 46.5 Å². The summed E-state index contributed by atoms with van der Waals surface area (Å²) < 4.78 is 33.2. The number of amides is 5. The van der Waals surface area contributed by atoms with Gasteiger partial charge in [-0.25, -0.2) is 9.37 Å². The number of aromatic nitrogens is 5. The number of rotatable bonds is 23. The van der Waals surface area contributed by atoms with Gasteiger partial charge >= 0.3 is 0 Å². The van der Waals surface area contributed by atoms with E-state index in [9.17, 15) is 38.3 Å². The highest BCUT2D eigenvalue weighted by Gasteiger charge is 2.44. The lowest BCUT2D eigenvalue weighted by Gasteiger charge is -2.35. The van der Waals surface area contributed by atoms with Gasteiger partial charge in [-0.15, -0.1) is 11.3 Å². The van der Waals surface area contributed by atoms with Gasteiger partial charge in [0.15, 0.2) is 0 Å². The van der Waals surface area contributed by atoms with Gasteiger partial charge in [-0.1, -0.05) is 51.1 Å². The van der Waals surface area contributed by atoms with Crippen LogP contribution in [0.25, 0.3) is 32.4 Å². The molecular formula is C56H65FN12O10S. The van der Waals surface area contributed by atoms with Crippen LogP contribution in [0.4, 0.5) is 27.5 Å². The number of likely N-dealkylation sites (tertiary alicyclic amines) is 1. The molecule has 0 aliphatic carbocycles. The van der Waals surface area contributed by atoms with Crippen molar-refractivity contribution in [3.63, 3.8) is 0 Å². The van der Waals surface area contributed by atoms with E-state index in [0.29, 0.717) is 33.4 Å². The first-order valence-corrected chi connectivity index (χ1v) is 26.8. The van der Waals surface area contributed by atoms with Crippen molar-refractivity contribution in [3.05, 3.63) is 107 Å². The van der Waals surface area contributed by atoms with Gasteiger partial charge in [0.25, 0.3) is 11.8 Å². The minimum atomic E-state index is -0.995. The van der Waals surface area contributed by atoms with E-state index in [1.165, 1.54) is 47.7 Å². The molecule has 1 aliphatic rings. The summed E-state index contributed by atoms with van der Waals surface area (Å²) in [6, 6.07) is 17.0. The number of H-pyrrole nitrogens is 1. The van der Waals surface area contributed by atoms with E-state index in [-0.39, 0.29) is 100 Å². The zero-order valence-corrected chi connectivity index (χ0v) is 46.3. The zero-order chi connectivity index (χ0) is 57.3. The fourth-order valence-electron chi connectivity index (χ4n) is 9.19. The summed E-state index contributed by atoms with van der Waals surface area (Å²) in [5.74, 6) is -2.56. The Balaban J connectivity index is 0.771. The van der Waals surface area contributed by atoms with Crippen LogP contribution in [0.1, 0.15) is 66.4 Å². The van der Waals surface area contributed by atoms with Crippen LogP contribution in [0.5, 0.6) is 5.75 Å². The lowest BCUT2D eigenvalue weighted by molar-refractivity contribution is -0.144. The molecule has 8 rings (SSSR count). The fraction of sp³-hybridized carbons (Fsp3) is 0.375. The van der Waals surface area contributed by atoms with Crippen molar-refractivity contribution in [3.8, 4) is 16.2 Å². The first-order valence-electron chi connectivity index (χ1n) is 25.9. The Bertz CT molecular complexity index is 3390. The van der Waals surface area contributed by atoms with Crippen LogP contribution < -0.4 is 31.3 Å². The summed E-state index contributed by atoms with van der Waals surface area (Å²) in [5, 5.41) is 26.3. The molecular weight excluding hydrogens is 1050 g/mol. The molecule has 24 heteroatoms. The number of β-amino-alcohol motifs (C(OH)–C–C–N with tert-alkyl or cyclic N) is 1. The molecule has 5 amide bonds. The number of likely N-dealkylation sites (N-methyl/N-ethyl adjacent to an activating group) is 1. The highest BCUT2D eigenvalue weighted by atomic mass is 32.1. The number of aromatic amines is 1. The molecule has 4 aromatic heterocycles. The van der Waals surface area contributed by atoms with Gasteiger partial charge in [0.1, 0.15) is 41.7 Å². The maximum atomic E-state index is 14.8. The van der Waals surface area contributed by atoms with Gasteiger partial charge in [-0.3, -0.25) is 33.3 Å². The molecule has 7 aromatic rings. The largest absolute Gasteiger partial charge is 0.495 e. The first kappa shape index (κ1) is 57.8. The van der Waals surface area contributed by atoms with E-state index in [4.69, 9.17) is 14.2 Å². The number of ether oxygens (including phenoxy) is 3. The number of aliphatic hydroxyl groups is 1. The highest BCUT2D eigenvalue weighted by molar-refractivity contribution is 7.13. The third kappa shape index (κ3) is 13.7. The number of benzene rings is 3.